The Labute approximate surface area is 231 Å². The number of halogens is 1. The number of fused-ring (bicyclic) bond motifs is 1. The van der Waals surface area contributed by atoms with Gasteiger partial charge in [0.15, 0.2) is 0 Å². The summed E-state index contributed by atoms with van der Waals surface area (Å²) >= 11 is 0. The Bertz CT molecular complexity index is 1610. The molecule has 1 aliphatic heterocycles. The van der Waals surface area contributed by atoms with Crippen molar-refractivity contribution >= 4 is 11.4 Å². The molecule has 1 atom stereocenters. The van der Waals surface area contributed by atoms with Crippen LogP contribution in [0, 0.1) is 24.1 Å². The van der Waals surface area contributed by atoms with Gasteiger partial charge in [0.25, 0.3) is 0 Å². The summed E-state index contributed by atoms with van der Waals surface area (Å²) < 4.78 is 23.4. The fourth-order valence-corrected chi connectivity index (χ4v) is 5.76. The Hall–Kier alpha value is -4.30. The molecule has 4 aromatic rings. The molecule has 1 saturated heterocycles. The first-order valence-corrected chi connectivity index (χ1v) is 13.6. The molecule has 1 amide bonds. The number of carbonyl (C=O) groups excluding carboxylic acids is 1. The summed E-state index contributed by atoms with van der Waals surface area (Å²) in [7, 11) is 0. The Kier molecular flexibility index (Phi) is 6.50. The quantitative estimate of drug-likeness (QED) is 0.389. The molecule has 1 aliphatic carbocycles. The summed E-state index contributed by atoms with van der Waals surface area (Å²) in [5, 5.41) is 18.8. The maximum absolute atomic E-state index is 13.4. The highest BCUT2D eigenvalue weighted by molar-refractivity contribution is 5.87. The number of aromatic nitrogens is 5. The van der Waals surface area contributed by atoms with Crippen molar-refractivity contribution in [2.24, 2.45) is 5.73 Å². The van der Waals surface area contributed by atoms with Gasteiger partial charge in [-0.15, -0.1) is 0 Å². The van der Waals surface area contributed by atoms with E-state index in [1.807, 2.05) is 41.9 Å². The maximum Gasteiger partial charge on any atom is 0.242 e. The largest absolute Gasteiger partial charge is 0.482 e. The highest BCUT2D eigenvalue weighted by Crippen LogP contribution is 2.36. The molecule has 0 spiro atoms. The molecule has 10 nitrogen and oxygen atoms in total. The van der Waals surface area contributed by atoms with Crippen LogP contribution in [0.4, 0.5) is 4.39 Å². The number of amides is 1. The first-order valence-electron chi connectivity index (χ1n) is 13.6. The van der Waals surface area contributed by atoms with Gasteiger partial charge in [0.05, 0.1) is 35.9 Å². The van der Waals surface area contributed by atoms with Gasteiger partial charge in [0.1, 0.15) is 34.8 Å². The lowest BCUT2D eigenvalue weighted by Gasteiger charge is -2.42. The summed E-state index contributed by atoms with van der Waals surface area (Å²) in [5.74, 6) is 0.127. The lowest BCUT2D eigenvalue weighted by Crippen LogP contribution is -2.60. The van der Waals surface area contributed by atoms with E-state index in [0.29, 0.717) is 35.6 Å². The number of likely N-dealkylation sites (tertiary alicyclic amines) is 1. The number of nitriles is 1. The second-order valence-electron chi connectivity index (χ2n) is 10.8. The first kappa shape index (κ1) is 26.0. The second-order valence-corrected chi connectivity index (χ2v) is 10.8. The van der Waals surface area contributed by atoms with Crippen LogP contribution >= 0.6 is 0 Å². The molecule has 0 bridgehead atoms. The lowest BCUT2D eigenvalue weighted by molar-refractivity contribution is -0.141. The predicted molar refractivity (Wildman–Crippen MR) is 145 cm³/mol. The van der Waals surface area contributed by atoms with Crippen molar-refractivity contribution in [1.29, 1.82) is 5.26 Å². The highest BCUT2D eigenvalue weighted by Gasteiger charge is 2.43. The van der Waals surface area contributed by atoms with Crippen molar-refractivity contribution in [3.8, 4) is 22.9 Å². The molecule has 0 unspecified atom stereocenters. The number of pyridine rings is 2. The van der Waals surface area contributed by atoms with Crippen LogP contribution in [0.15, 0.2) is 43.0 Å². The van der Waals surface area contributed by atoms with Crippen LogP contribution in [0.5, 0.6) is 5.75 Å². The van der Waals surface area contributed by atoms with Crippen LogP contribution in [0.25, 0.3) is 16.6 Å². The van der Waals surface area contributed by atoms with Gasteiger partial charge in [-0.2, -0.15) is 15.5 Å². The number of rotatable bonds is 6. The SMILES string of the molecule is Cc1c(-c2cc(O[C@H](C)c3ccc(F)cn3)c3c(C#N)cnn3c2)cnn1C1CCN(C(=O)C2(N)CCC2)CC1. The van der Waals surface area contributed by atoms with Crippen LogP contribution < -0.4 is 10.5 Å². The minimum absolute atomic E-state index is 0.0805. The van der Waals surface area contributed by atoms with Gasteiger partial charge in [-0.05, 0) is 64.2 Å². The number of nitrogens with zero attached hydrogens (tertiary/aromatic N) is 7. The Balaban J connectivity index is 1.26. The fourth-order valence-electron chi connectivity index (χ4n) is 5.76. The zero-order chi connectivity index (χ0) is 28.0. The molecule has 5 heterocycles. The van der Waals surface area contributed by atoms with Crippen LogP contribution in [0.3, 0.4) is 0 Å². The third-order valence-corrected chi connectivity index (χ3v) is 8.29. The fraction of sp³-hybridized carbons (Fsp3) is 0.414. The molecule has 6 rings (SSSR count). The molecular weight excluding hydrogens is 511 g/mol. The molecule has 2 fully saturated rings. The topological polar surface area (TPSA) is 127 Å². The number of nitrogens with two attached hydrogens (primary N) is 1. The molecule has 4 aromatic heterocycles. The minimum atomic E-state index is -0.664. The van der Waals surface area contributed by atoms with E-state index in [1.54, 1.807) is 10.6 Å². The van der Waals surface area contributed by atoms with Crippen molar-refractivity contribution in [1.82, 2.24) is 29.3 Å². The predicted octanol–water partition coefficient (Wildman–Crippen LogP) is 4.10. The molecule has 1 saturated carbocycles. The van der Waals surface area contributed by atoms with Crippen LogP contribution in [0.1, 0.15) is 68.1 Å². The van der Waals surface area contributed by atoms with Crippen molar-refractivity contribution < 1.29 is 13.9 Å². The molecule has 40 heavy (non-hydrogen) atoms. The van der Waals surface area contributed by atoms with E-state index in [2.05, 4.69) is 16.2 Å². The summed E-state index contributed by atoms with van der Waals surface area (Å²) in [4.78, 5) is 18.9. The van der Waals surface area contributed by atoms with E-state index in [-0.39, 0.29) is 11.9 Å². The zero-order valence-electron chi connectivity index (χ0n) is 22.5. The van der Waals surface area contributed by atoms with Crippen LogP contribution in [-0.4, -0.2) is 53.8 Å². The molecule has 206 valence electrons. The second kappa shape index (κ2) is 10.0. The van der Waals surface area contributed by atoms with Crippen LogP contribution in [0.2, 0.25) is 0 Å². The third kappa shape index (κ3) is 4.48. The van der Waals surface area contributed by atoms with E-state index in [4.69, 9.17) is 15.6 Å². The lowest BCUT2D eigenvalue weighted by atomic mass is 9.76. The van der Waals surface area contributed by atoms with Gasteiger partial charge < -0.3 is 15.4 Å². The first-order chi connectivity index (χ1) is 19.3. The molecule has 0 aromatic carbocycles. The Morgan fingerprint density at radius 3 is 2.65 bits per heavy atom. The van der Waals surface area contributed by atoms with Crippen molar-refractivity contribution in [3.05, 3.63) is 65.8 Å². The van der Waals surface area contributed by atoms with E-state index in [0.717, 1.165) is 55.1 Å². The molecule has 2 aliphatic rings. The average molecular weight is 543 g/mol. The average Bonchev–Trinajstić information content (AvgIpc) is 3.55. The van der Waals surface area contributed by atoms with Gasteiger partial charge >= 0.3 is 0 Å². The monoisotopic (exact) mass is 542 g/mol. The molecule has 0 radical (unpaired) electrons. The number of piperidine rings is 1. The van der Waals surface area contributed by atoms with Crippen molar-refractivity contribution in [2.75, 3.05) is 13.1 Å². The molecular formula is C29H31FN8O2. The summed E-state index contributed by atoms with van der Waals surface area (Å²) in [6.45, 7) is 5.19. The molecule has 11 heteroatoms. The van der Waals surface area contributed by atoms with Gasteiger partial charge in [0, 0.05) is 36.1 Å². The smallest absolute Gasteiger partial charge is 0.242 e. The van der Waals surface area contributed by atoms with Gasteiger partial charge in [0.2, 0.25) is 5.91 Å². The highest BCUT2D eigenvalue weighted by atomic mass is 19.1. The van der Waals surface area contributed by atoms with E-state index < -0.39 is 17.5 Å². The Morgan fingerprint density at radius 1 is 1.23 bits per heavy atom. The normalized spacial score (nSPS) is 17.8. The van der Waals surface area contributed by atoms with Gasteiger partial charge in [-0.3, -0.25) is 14.5 Å². The zero-order valence-corrected chi connectivity index (χ0v) is 22.5. The van der Waals surface area contributed by atoms with E-state index >= 15 is 0 Å². The summed E-state index contributed by atoms with van der Waals surface area (Å²) in [5.41, 5.74) is 9.86. The minimum Gasteiger partial charge on any atom is -0.482 e. The van der Waals surface area contributed by atoms with Crippen LogP contribution in [-0.2, 0) is 4.79 Å². The number of ether oxygens (including phenoxy) is 1. The third-order valence-electron chi connectivity index (χ3n) is 8.29. The number of hydrogen-bond acceptors (Lipinski definition) is 7. The van der Waals surface area contributed by atoms with E-state index in [1.165, 1.54) is 12.3 Å². The summed E-state index contributed by atoms with van der Waals surface area (Å²) in [6.07, 6.45) is 10.0. The van der Waals surface area contributed by atoms with Crippen molar-refractivity contribution in [3.63, 3.8) is 0 Å². The molecule has 2 N–H and O–H groups in total. The van der Waals surface area contributed by atoms with Crippen molar-refractivity contribution in [2.45, 2.75) is 63.6 Å². The van der Waals surface area contributed by atoms with Gasteiger partial charge in [-0.25, -0.2) is 8.91 Å². The van der Waals surface area contributed by atoms with Gasteiger partial charge in [-0.1, -0.05) is 0 Å². The number of hydrogen-bond donors (Lipinski definition) is 1. The Morgan fingerprint density at radius 2 is 2.00 bits per heavy atom. The number of carbonyl (C=O) groups is 1. The standard InChI is InChI=1S/C29H31FN8O2/c1-18-24(16-35-38(18)23-6-10-36(11-7-23)28(39)29(32)8-3-9-29)20-12-26(27-21(13-31)14-34-37(27)17-20)40-19(2)25-5-4-22(30)15-33-25/h4-5,12,14-17,19,23H,3,6-11,32H2,1-2H3/t19-/m1/s1. The van der Waals surface area contributed by atoms with E-state index in [9.17, 15) is 14.4 Å². The maximum atomic E-state index is 13.4. The summed E-state index contributed by atoms with van der Waals surface area (Å²) in [6, 6.07) is 7.15.